The van der Waals surface area contributed by atoms with Crippen LogP contribution in [0.4, 0.5) is 0 Å². The number of piperidine rings is 1. The molecule has 0 unspecified atom stereocenters. The number of H-pyrrole nitrogens is 2. The van der Waals surface area contributed by atoms with Crippen molar-refractivity contribution in [2.45, 2.75) is 19.3 Å². The van der Waals surface area contributed by atoms with Gasteiger partial charge in [0.15, 0.2) is 5.69 Å². The van der Waals surface area contributed by atoms with E-state index >= 15 is 0 Å². The molecule has 8 nitrogen and oxygen atoms in total. The molecule has 1 amide bonds. The van der Waals surface area contributed by atoms with Gasteiger partial charge in [-0.25, -0.2) is 14.5 Å². The van der Waals surface area contributed by atoms with Crippen LogP contribution in [-0.2, 0) is 6.42 Å². The van der Waals surface area contributed by atoms with Gasteiger partial charge < -0.3 is 4.90 Å². The molecule has 2 N–H and O–H groups in total. The van der Waals surface area contributed by atoms with Gasteiger partial charge in [-0.05, 0) is 53.8 Å². The summed E-state index contributed by atoms with van der Waals surface area (Å²) in [4.78, 5) is 27.9. The summed E-state index contributed by atoms with van der Waals surface area (Å²) in [6.07, 6.45) is 2.46. The second-order valence-corrected chi connectivity index (χ2v) is 9.19. The summed E-state index contributed by atoms with van der Waals surface area (Å²) in [5.74, 6) is 1.09. The van der Waals surface area contributed by atoms with E-state index in [0.717, 1.165) is 34.2 Å². The average molecular weight is 441 g/mol. The molecule has 0 aliphatic carbocycles. The van der Waals surface area contributed by atoms with Crippen LogP contribution in [0.2, 0.25) is 0 Å². The molecule has 4 aromatic heterocycles. The van der Waals surface area contributed by atoms with E-state index in [1.807, 2.05) is 46.0 Å². The fourth-order valence-corrected chi connectivity index (χ4v) is 5.28. The van der Waals surface area contributed by atoms with Crippen LogP contribution in [0.3, 0.4) is 0 Å². The normalized spacial score (nSPS) is 15.0. The van der Waals surface area contributed by atoms with Crippen LogP contribution < -0.4 is 5.69 Å². The summed E-state index contributed by atoms with van der Waals surface area (Å²) in [5, 5.41) is 18.8. The SMILES string of the molecule is O=C(c1cc(-c2cccs2)[nH]n1)N1CCC(Cc2n[nH]c(=O)n2-c2cccs2)CC1. The Morgan fingerprint density at radius 1 is 1.10 bits per heavy atom. The summed E-state index contributed by atoms with van der Waals surface area (Å²) in [7, 11) is 0. The van der Waals surface area contributed by atoms with Crippen molar-refractivity contribution in [2.75, 3.05) is 13.1 Å². The molecule has 5 heterocycles. The highest BCUT2D eigenvalue weighted by Crippen LogP contribution is 2.26. The molecule has 154 valence electrons. The Morgan fingerprint density at radius 3 is 2.63 bits per heavy atom. The minimum atomic E-state index is -0.208. The van der Waals surface area contributed by atoms with Crippen molar-refractivity contribution in [3.63, 3.8) is 0 Å². The summed E-state index contributed by atoms with van der Waals surface area (Å²) >= 11 is 3.13. The molecule has 0 aromatic carbocycles. The molecule has 0 spiro atoms. The number of thiophene rings is 2. The largest absolute Gasteiger partial charge is 0.348 e. The van der Waals surface area contributed by atoms with Gasteiger partial charge in [-0.3, -0.25) is 9.89 Å². The summed E-state index contributed by atoms with van der Waals surface area (Å²) in [5.41, 5.74) is 1.11. The zero-order valence-electron chi connectivity index (χ0n) is 16.1. The molecule has 1 aliphatic heterocycles. The Bertz CT molecular complexity index is 1180. The first-order valence-corrected chi connectivity index (χ1v) is 11.5. The second-order valence-electron chi connectivity index (χ2n) is 7.32. The lowest BCUT2D eigenvalue weighted by atomic mass is 9.93. The third-order valence-electron chi connectivity index (χ3n) is 5.42. The minimum absolute atomic E-state index is 0.0391. The minimum Gasteiger partial charge on any atom is -0.337 e. The number of nitrogens with zero attached hydrogens (tertiary/aromatic N) is 4. The molecule has 0 saturated carbocycles. The standard InChI is InChI=1S/C20H20N6O2S2/c27-19(15-12-14(21-22-15)16-3-1-9-29-16)25-7-5-13(6-8-25)11-17-23-24-20(28)26(17)18-4-2-10-30-18/h1-4,9-10,12-13H,5-8,11H2,(H,21,22)(H,24,28). The first-order valence-electron chi connectivity index (χ1n) is 9.78. The second kappa shape index (κ2) is 8.04. The fraction of sp³-hybridized carbons (Fsp3) is 0.300. The van der Waals surface area contributed by atoms with Gasteiger partial charge in [-0.1, -0.05) is 6.07 Å². The molecular weight excluding hydrogens is 420 g/mol. The maximum atomic E-state index is 12.8. The Morgan fingerprint density at radius 2 is 1.90 bits per heavy atom. The van der Waals surface area contributed by atoms with Gasteiger partial charge in [0, 0.05) is 19.5 Å². The molecule has 1 saturated heterocycles. The van der Waals surface area contributed by atoms with Gasteiger partial charge in [0.25, 0.3) is 5.91 Å². The van der Waals surface area contributed by atoms with E-state index in [9.17, 15) is 9.59 Å². The number of hydrogen-bond acceptors (Lipinski definition) is 6. The van der Waals surface area contributed by atoms with Crippen LogP contribution in [0.5, 0.6) is 0 Å². The van der Waals surface area contributed by atoms with Crippen molar-refractivity contribution >= 4 is 28.6 Å². The number of carbonyl (C=O) groups is 1. The van der Waals surface area contributed by atoms with Gasteiger partial charge in [0.05, 0.1) is 10.6 Å². The molecular formula is C20H20N6O2S2. The summed E-state index contributed by atoms with van der Waals surface area (Å²) in [6, 6.07) is 9.64. The van der Waals surface area contributed by atoms with Crippen LogP contribution >= 0.6 is 22.7 Å². The predicted octanol–water partition coefficient (Wildman–Crippen LogP) is 3.17. The highest BCUT2D eigenvalue weighted by molar-refractivity contribution is 7.13. The third-order valence-corrected chi connectivity index (χ3v) is 7.18. The zero-order valence-corrected chi connectivity index (χ0v) is 17.7. The number of amides is 1. The smallest absolute Gasteiger partial charge is 0.337 e. The van der Waals surface area contributed by atoms with Crippen LogP contribution in [0.25, 0.3) is 15.6 Å². The van der Waals surface area contributed by atoms with Crippen LogP contribution in [0.15, 0.2) is 45.9 Å². The van der Waals surface area contributed by atoms with Crippen LogP contribution in [0, 0.1) is 5.92 Å². The van der Waals surface area contributed by atoms with E-state index in [-0.39, 0.29) is 11.6 Å². The van der Waals surface area contributed by atoms with Gasteiger partial charge in [0.2, 0.25) is 0 Å². The Kier molecular flexibility index (Phi) is 5.09. The monoisotopic (exact) mass is 440 g/mol. The first kappa shape index (κ1) is 19.0. The number of rotatable bonds is 5. The summed E-state index contributed by atoms with van der Waals surface area (Å²) < 4.78 is 1.65. The number of aromatic nitrogens is 5. The first-order chi connectivity index (χ1) is 14.7. The lowest BCUT2D eigenvalue weighted by molar-refractivity contribution is 0.0683. The Hall–Kier alpha value is -2.98. The molecule has 1 aliphatic rings. The van der Waals surface area contributed by atoms with Crippen molar-refractivity contribution < 1.29 is 4.79 Å². The maximum Gasteiger partial charge on any atom is 0.348 e. The van der Waals surface area contributed by atoms with E-state index in [4.69, 9.17) is 0 Å². The van der Waals surface area contributed by atoms with Crippen molar-refractivity contribution in [3.05, 3.63) is 63.1 Å². The van der Waals surface area contributed by atoms with Gasteiger partial charge in [-0.15, -0.1) is 22.7 Å². The lowest BCUT2D eigenvalue weighted by Gasteiger charge is -2.31. The fourth-order valence-electron chi connectivity index (χ4n) is 3.84. The molecule has 1 fully saturated rings. The van der Waals surface area contributed by atoms with E-state index < -0.39 is 0 Å². The van der Waals surface area contributed by atoms with Crippen LogP contribution in [0.1, 0.15) is 29.2 Å². The highest BCUT2D eigenvalue weighted by atomic mass is 32.1. The molecule has 0 atom stereocenters. The van der Waals surface area contributed by atoms with E-state index in [1.54, 1.807) is 15.9 Å². The van der Waals surface area contributed by atoms with Gasteiger partial charge in [-0.2, -0.15) is 10.2 Å². The van der Waals surface area contributed by atoms with E-state index in [0.29, 0.717) is 31.1 Å². The van der Waals surface area contributed by atoms with Crippen molar-refractivity contribution in [1.82, 2.24) is 29.9 Å². The topological polar surface area (TPSA) is 99.7 Å². The molecule has 0 radical (unpaired) electrons. The van der Waals surface area contributed by atoms with E-state index in [2.05, 4.69) is 20.4 Å². The average Bonchev–Trinajstić information content (AvgIpc) is 3.54. The van der Waals surface area contributed by atoms with E-state index in [1.165, 1.54) is 11.3 Å². The van der Waals surface area contributed by atoms with Gasteiger partial charge in [0.1, 0.15) is 10.8 Å². The highest BCUT2D eigenvalue weighted by Gasteiger charge is 2.27. The van der Waals surface area contributed by atoms with Gasteiger partial charge >= 0.3 is 5.69 Å². The Balaban J connectivity index is 1.22. The number of hydrogen-bond donors (Lipinski definition) is 2. The number of nitrogens with one attached hydrogen (secondary N) is 2. The zero-order chi connectivity index (χ0) is 20.5. The predicted molar refractivity (Wildman–Crippen MR) is 116 cm³/mol. The quantitative estimate of drug-likeness (QED) is 0.498. The number of likely N-dealkylation sites (tertiary alicyclic amines) is 1. The van der Waals surface area contributed by atoms with Crippen molar-refractivity contribution in [3.8, 4) is 15.6 Å². The molecule has 5 rings (SSSR count). The summed E-state index contributed by atoms with van der Waals surface area (Å²) in [6.45, 7) is 1.36. The van der Waals surface area contributed by atoms with Crippen molar-refractivity contribution in [1.29, 1.82) is 0 Å². The molecule has 0 bridgehead atoms. The van der Waals surface area contributed by atoms with Crippen LogP contribution in [-0.4, -0.2) is 48.9 Å². The number of carbonyl (C=O) groups excluding carboxylic acids is 1. The third kappa shape index (κ3) is 3.63. The lowest BCUT2D eigenvalue weighted by Crippen LogP contribution is -2.39. The molecule has 4 aromatic rings. The maximum absolute atomic E-state index is 12.8. The Labute approximate surface area is 180 Å². The van der Waals surface area contributed by atoms with Crippen molar-refractivity contribution in [2.24, 2.45) is 5.92 Å². The number of aromatic amines is 2. The molecule has 10 heteroatoms. The molecule has 30 heavy (non-hydrogen) atoms.